The van der Waals surface area contributed by atoms with E-state index >= 15 is 0 Å². The summed E-state index contributed by atoms with van der Waals surface area (Å²) in [7, 11) is 0. The minimum absolute atomic E-state index is 0.0494. The molecule has 2 aromatic heterocycles. The van der Waals surface area contributed by atoms with Crippen molar-refractivity contribution in [3.63, 3.8) is 0 Å². The maximum Gasteiger partial charge on any atom is 0.307 e. The maximum absolute atomic E-state index is 11.2. The average Bonchev–Trinajstić information content (AvgIpc) is 2.94. The fourth-order valence-electron chi connectivity index (χ4n) is 2.58. The SMILES string of the molecule is O=C(O)C1CCCC1c1nnc2ccncn12. The van der Waals surface area contributed by atoms with Crippen LogP contribution in [0, 0.1) is 5.92 Å². The van der Waals surface area contributed by atoms with Crippen molar-refractivity contribution in [2.75, 3.05) is 0 Å². The molecule has 1 N–H and O–H groups in total. The molecule has 1 aliphatic rings. The lowest BCUT2D eigenvalue weighted by Gasteiger charge is -2.13. The van der Waals surface area contributed by atoms with E-state index in [-0.39, 0.29) is 11.8 Å². The first-order valence-electron chi connectivity index (χ1n) is 5.65. The molecule has 1 aliphatic carbocycles. The van der Waals surface area contributed by atoms with Crippen molar-refractivity contribution in [1.29, 1.82) is 0 Å². The lowest BCUT2D eigenvalue weighted by atomic mass is 9.95. The van der Waals surface area contributed by atoms with Crippen LogP contribution in [-0.4, -0.2) is 30.7 Å². The van der Waals surface area contributed by atoms with Crippen LogP contribution in [0.15, 0.2) is 18.6 Å². The van der Waals surface area contributed by atoms with Gasteiger partial charge < -0.3 is 5.11 Å². The number of carboxylic acid groups (broad SMARTS) is 1. The standard InChI is InChI=1S/C11H12N4O2/c16-11(17)8-3-1-2-7(8)10-14-13-9-4-5-12-6-15(9)10/h4-8H,1-3H2,(H,16,17). The van der Waals surface area contributed by atoms with Crippen LogP contribution in [0.4, 0.5) is 0 Å². The smallest absolute Gasteiger partial charge is 0.307 e. The minimum atomic E-state index is -0.742. The van der Waals surface area contributed by atoms with Crippen molar-refractivity contribution in [2.45, 2.75) is 25.2 Å². The molecule has 0 aliphatic heterocycles. The highest BCUT2D eigenvalue weighted by molar-refractivity contribution is 5.71. The van der Waals surface area contributed by atoms with Crippen LogP contribution >= 0.6 is 0 Å². The molecular weight excluding hydrogens is 220 g/mol. The fourth-order valence-corrected chi connectivity index (χ4v) is 2.58. The Labute approximate surface area is 97.3 Å². The zero-order chi connectivity index (χ0) is 11.8. The number of hydrogen-bond donors (Lipinski definition) is 1. The van der Waals surface area contributed by atoms with Crippen molar-refractivity contribution < 1.29 is 9.90 Å². The fraction of sp³-hybridized carbons (Fsp3) is 0.455. The summed E-state index contributed by atoms with van der Waals surface area (Å²) in [4.78, 5) is 15.2. The number of aromatic nitrogens is 4. The van der Waals surface area contributed by atoms with Crippen LogP contribution in [0.3, 0.4) is 0 Å². The van der Waals surface area contributed by atoms with E-state index in [1.54, 1.807) is 23.0 Å². The molecule has 88 valence electrons. The van der Waals surface area contributed by atoms with Gasteiger partial charge in [0.25, 0.3) is 0 Å². The zero-order valence-corrected chi connectivity index (χ0v) is 9.15. The quantitative estimate of drug-likeness (QED) is 0.838. The summed E-state index contributed by atoms with van der Waals surface area (Å²) < 4.78 is 1.78. The van der Waals surface area contributed by atoms with E-state index in [0.29, 0.717) is 5.65 Å². The topological polar surface area (TPSA) is 80.4 Å². The van der Waals surface area contributed by atoms with Crippen LogP contribution in [-0.2, 0) is 4.79 Å². The third-order valence-electron chi connectivity index (χ3n) is 3.41. The summed E-state index contributed by atoms with van der Waals surface area (Å²) in [5.74, 6) is -0.416. The molecule has 0 bridgehead atoms. The molecule has 17 heavy (non-hydrogen) atoms. The molecule has 0 spiro atoms. The Morgan fingerprint density at radius 3 is 3.12 bits per heavy atom. The van der Waals surface area contributed by atoms with Gasteiger partial charge >= 0.3 is 5.97 Å². The Balaban J connectivity index is 2.06. The molecule has 1 fully saturated rings. The van der Waals surface area contributed by atoms with Gasteiger partial charge in [-0.05, 0) is 12.8 Å². The molecule has 2 heterocycles. The van der Waals surface area contributed by atoms with Crippen molar-refractivity contribution in [2.24, 2.45) is 5.92 Å². The largest absolute Gasteiger partial charge is 0.481 e. The lowest BCUT2D eigenvalue weighted by Crippen LogP contribution is -2.18. The number of hydrogen-bond acceptors (Lipinski definition) is 4. The second-order valence-corrected chi connectivity index (χ2v) is 4.35. The molecule has 3 rings (SSSR count). The summed E-state index contributed by atoms with van der Waals surface area (Å²) in [6.07, 6.45) is 5.79. The Bertz CT molecular complexity index is 565. The van der Waals surface area contributed by atoms with Crippen LogP contribution in [0.1, 0.15) is 31.0 Å². The maximum atomic E-state index is 11.2. The minimum Gasteiger partial charge on any atom is -0.481 e. The van der Waals surface area contributed by atoms with E-state index < -0.39 is 5.97 Å². The van der Waals surface area contributed by atoms with E-state index in [1.165, 1.54) is 0 Å². The van der Waals surface area contributed by atoms with Gasteiger partial charge in [-0.3, -0.25) is 9.20 Å². The van der Waals surface area contributed by atoms with Crippen molar-refractivity contribution >= 4 is 11.6 Å². The second kappa shape index (κ2) is 3.80. The normalized spacial score (nSPS) is 24.2. The van der Waals surface area contributed by atoms with Crippen LogP contribution in [0.2, 0.25) is 0 Å². The van der Waals surface area contributed by atoms with Crippen molar-refractivity contribution in [3.8, 4) is 0 Å². The molecule has 0 saturated heterocycles. The van der Waals surface area contributed by atoms with Crippen LogP contribution in [0.5, 0.6) is 0 Å². The van der Waals surface area contributed by atoms with Crippen LogP contribution in [0.25, 0.3) is 5.65 Å². The zero-order valence-electron chi connectivity index (χ0n) is 9.15. The summed E-state index contributed by atoms with van der Waals surface area (Å²) >= 11 is 0. The van der Waals surface area contributed by atoms with Gasteiger partial charge in [0, 0.05) is 18.2 Å². The molecule has 6 nitrogen and oxygen atoms in total. The molecular formula is C11H12N4O2. The number of carbonyl (C=O) groups is 1. The van der Waals surface area contributed by atoms with Gasteiger partial charge in [-0.1, -0.05) is 6.42 Å². The molecule has 2 atom stereocenters. The predicted octanol–water partition coefficient (Wildman–Crippen LogP) is 1.09. The van der Waals surface area contributed by atoms with E-state index in [4.69, 9.17) is 0 Å². The first-order chi connectivity index (χ1) is 8.27. The predicted molar refractivity (Wildman–Crippen MR) is 58.5 cm³/mol. The first kappa shape index (κ1) is 10.2. The van der Waals surface area contributed by atoms with Crippen molar-refractivity contribution in [3.05, 3.63) is 24.4 Å². The first-order valence-corrected chi connectivity index (χ1v) is 5.65. The number of fused-ring (bicyclic) bond motifs is 1. The molecule has 0 radical (unpaired) electrons. The van der Waals surface area contributed by atoms with Gasteiger partial charge in [-0.15, -0.1) is 10.2 Å². The number of carboxylic acids is 1. The summed E-state index contributed by atoms with van der Waals surface area (Å²) in [6.45, 7) is 0. The van der Waals surface area contributed by atoms with Crippen molar-refractivity contribution in [1.82, 2.24) is 19.6 Å². The van der Waals surface area contributed by atoms with Crippen LogP contribution < -0.4 is 0 Å². The monoisotopic (exact) mass is 232 g/mol. The number of aliphatic carboxylic acids is 1. The number of nitrogens with zero attached hydrogens (tertiary/aromatic N) is 4. The highest BCUT2D eigenvalue weighted by Crippen LogP contribution is 2.38. The third-order valence-corrected chi connectivity index (χ3v) is 3.41. The Hall–Kier alpha value is -1.98. The number of rotatable bonds is 2. The van der Waals surface area contributed by atoms with Gasteiger partial charge in [-0.25, -0.2) is 4.98 Å². The lowest BCUT2D eigenvalue weighted by molar-refractivity contribution is -0.142. The van der Waals surface area contributed by atoms with E-state index in [0.717, 1.165) is 25.1 Å². The van der Waals surface area contributed by atoms with Gasteiger partial charge in [0.05, 0.1) is 5.92 Å². The molecule has 0 amide bonds. The van der Waals surface area contributed by atoms with Gasteiger partial charge in [0.2, 0.25) is 0 Å². The van der Waals surface area contributed by atoms with Gasteiger partial charge in [0.15, 0.2) is 5.65 Å². The van der Waals surface area contributed by atoms with E-state index in [2.05, 4.69) is 15.2 Å². The van der Waals surface area contributed by atoms with E-state index in [1.807, 2.05) is 0 Å². The Morgan fingerprint density at radius 1 is 1.41 bits per heavy atom. The highest BCUT2D eigenvalue weighted by atomic mass is 16.4. The summed E-state index contributed by atoms with van der Waals surface area (Å²) in [5.41, 5.74) is 0.714. The Morgan fingerprint density at radius 2 is 2.29 bits per heavy atom. The van der Waals surface area contributed by atoms with Gasteiger partial charge in [-0.2, -0.15) is 0 Å². The Kier molecular flexibility index (Phi) is 2.28. The highest BCUT2D eigenvalue weighted by Gasteiger charge is 2.36. The summed E-state index contributed by atoms with van der Waals surface area (Å²) in [6, 6.07) is 1.77. The molecule has 0 aromatic carbocycles. The summed E-state index contributed by atoms with van der Waals surface area (Å²) in [5, 5.41) is 17.3. The molecule has 2 aromatic rings. The molecule has 2 unspecified atom stereocenters. The van der Waals surface area contributed by atoms with Gasteiger partial charge in [0.1, 0.15) is 12.2 Å². The average molecular weight is 232 g/mol. The second-order valence-electron chi connectivity index (χ2n) is 4.35. The third kappa shape index (κ3) is 1.56. The molecule has 1 saturated carbocycles. The molecule has 6 heteroatoms. The van der Waals surface area contributed by atoms with E-state index in [9.17, 15) is 9.90 Å².